The standard InChI is InChI=1S/C21H20FN5OS/c1-13-3-2-4-16(25-13)11-24-19-18-17(14-5-7-15(22)8-6-14)12-29-20(18)27-21(26-19)23-9-10-28/h2-8,12,28H,9-11H2,1H3,(H2,23,24,26,27). The molecule has 4 aromatic rings. The molecule has 0 aliphatic carbocycles. The fraction of sp³-hybridized carbons (Fsp3) is 0.190. The number of pyridine rings is 1. The Bertz CT molecular complexity index is 1130. The molecule has 0 bridgehead atoms. The van der Waals surface area contributed by atoms with Crippen LogP contribution in [0.1, 0.15) is 11.4 Å². The van der Waals surface area contributed by atoms with Crippen molar-refractivity contribution in [2.45, 2.75) is 13.5 Å². The fourth-order valence-corrected chi connectivity index (χ4v) is 3.98. The van der Waals surface area contributed by atoms with Gasteiger partial charge in [0.05, 0.1) is 24.2 Å². The molecule has 0 saturated heterocycles. The Balaban J connectivity index is 1.75. The van der Waals surface area contributed by atoms with E-state index in [2.05, 4.69) is 25.6 Å². The van der Waals surface area contributed by atoms with E-state index in [0.717, 1.165) is 32.7 Å². The number of nitrogens with zero attached hydrogens (tertiary/aromatic N) is 3. The topological polar surface area (TPSA) is 83.0 Å². The summed E-state index contributed by atoms with van der Waals surface area (Å²) in [5.74, 6) is 0.835. The van der Waals surface area contributed by atoms with Crippen LogP contribution in [-0.4, -0.2) is 33.2 Å². The van der Waals surface area contributed by atoms with Crippen molar-refractivity contribution < 1.29 is 9.50 Å². The van der Waals surface area contributed by atoms with Gasteiger partial charge in [-0.15, -0.1) is 11.3 Å². The number of aryl methyl sites for hydroxylation is 1. The lowest BCUT2D eigenvalue weighted by atomic mass is 10.1. The van der Waals surface area contributed by atoms with Crippen LogP contribution in [0.3, 0.4) is 0 Å². The van der Waals surface area contributed by atoms with Crippen molar-refractivity contribution in [2.24, 2.45) is 0 Å². The SMILES string of the molecule is Cc1cccc(CNc2nc(NCCO)nc3scc(-c4ccc(F)cc4)c23)n1. The molecule has 0 radical (unpaired) electrons. The van der Waals surface area contributed by atoms with Crippen molar-refractivity contribution in [3.63, 3.8) is 0 Å². The van der Waals surface area contributed by atoms with Crippen LogP contribution in [0, 0.1) is 12.7 Å². The van der Waals surface area contributed by atoms with Crippen molar-refractivity contribution in [1.29, 1.82) is 0 Å². The van der Waals surface area contributed by atoms with Crippen molar-refractivity contribution in [3.05, 3.63) is 65.0 Å². The average Bonchev–Trinajstić information content (AvgIpc) is 3.15. The van der Waals surface area contributed by atoms with E-state index in [0.29, 0.717) is 24.9 Å². The molecular weight excluding hydrogens is 389 g/mol. The van der Waals surface area contributed by atoms with Gasteiger partial charge in [-0.2, -0.15) is 4.98 Å². The maximum Gasteiger partial charge on any atom is 0.226 e. The minimum Gasteiger partial charge on any atom is -0.395 e. The van der Waals surface area contributed by atoms with Crippen LogP contribution in [0.2, 0.25) is 0 Å². The van der Waals surface area contributed by atoms with Gasteiger partial charge in [0.15, 0.2) is 0 Å². The first kappa shape index (κ1) is 19.2. The minimum absolute atomic E-state index is 0.0113. The molecular formula is C21H20FN5OS. The Morgan fingerprint density at radius 2 is 1.86 bits per heavy atom. The number of hydrogen-bond acceptors (Lipinski definition) is 7. The van der Waals surface area contributed by atoms with E-state index >= 15 is 0 Å². The highest BCUT2D eigenvalue weighted by Crippen LogP contribution is 2.37. The number of rotatable bonds is 7. The molecule has 0 atom stereocenters. The first-order chi connectivity index (χ1) is 14.1. The van der Waals surface area contributed by atoms with Crippen molar-refractivity contribution >= 4 is 33.3 Å². The third kappa shape index (κ3) is 4.33. The first-order valence-electron chi connectivity index (χ1n) is 9.20. The summed E-state index contributed by atoms with van der Waals surface area (Å²) in [7, 11) is 0. The Morgan fingerprint density at radius 3 is 2.62 bits per heavy atom. The van der Waals surface area contributed by atoms with Gasteiger partial charge in [0.25, 0.3) is 0 Å². The second-order valence-electron chi connectivity index (χ2n) is 6.51. The Labute approximate surface area is 171 Å². The fourth-order valence-electron chi connectivity index (χ4n) is 3.03. The molecule has 0 unspecified atom stereocenters. The normalized spacial score (nSPS) is 11.0. The first-order valence-corrected chi connectivity index (χ1v) is 10.1. The van der Waals surface area contributed by atoms with Crippen LogP contribution in [0.4, 0.5) is 16.2 Å². The lowest BCUT2D eigenvalue weighted by Gasteiger charge is -2.11. The lowest BCUT2D eigenvalue weighted by Crippen LogP contribution is -2.11. The van der Waals surface area contributed by atoms with E-state index in [1.54, 1.807) is 12.1 Å². The van der Waals surface area contributed by atoms with E-state index < -0.39 is 0 Å². The second kappa shape index (κ2) is 8.50. The molecule has 4 rings (SSSR count). The van der Waals surface area contributed by atoms with Crippen molar-refractivity contribution in [1.82, 2.24) is 15.0 Å². The maximum atomic E-state index is 13.4. The molecule has 0 aliphatic heterocycles. The highest BCUT2D eigenvalue weighted by molar-refractivity contribution is 7.17. The third-order valence-corrected chi connectivity index (χ3v) is 5.24. The largest absolute Gasteiger partial charge is 0.395 e. The minimum atomic E-state index is -0.274. The van der Waals surface area contributed by atoms with Crippen LogP contribution in [0.25, 0.3) is 21.3 Å². The molecule has 8 heteroatoms. The number of aromatic nitrogens is 3. The van der Waals surface area contributed by atoms with Gasteiger partial charge in [-0.1, -0.05) is 18.2 Å². The summed E-state index contributed by atoms with van der Waals surface area (Å²) in [5.41, 5.74) is 3.69. The molecule has 1 aromatic carbocycles. The van der Waals surface area contributed by atoms with E-state index in [4.69, 9.17) is 5.11 Å². The summed E-state index contributed by atoms with van der Waals surface area (Å²) >= 11 is 1.50. The summed E-state index contributed by atoms with van der Waals surface area (Å²) < 4.78 is 13.4. The van der Waals surface area contributed by atoms with Gasteiger partial charge in [0, 0.05) is 23.2 Å². The molecule has 0 fully saturated rings. The number of thiophene rings is 1. The Kier molecular flexibility index (Phi) is 5.64. The summed E-state index contributed by atoms with van der Waals surface area (Å²) in [6.07, 6.45) is 0. The highest BCUT2D eigenvalue weighted by atomic mass is 32.1. The molecule has 0 spiro atoms. The average molecular weight is 409 g/mol. The molecule has 0 saturated carbocycles. The predicted molar refractivity (Wildman–Crippen MR) is 115 cm³/mol. The second-order valence-corrected chi connectivity index (χ2v) is 7.36. The van der Waals surface area contributed by atoms with Gasteiger partial charge in [-0.3, -0.25) is 4.98 Å². The van der Waals surface area contributed by atoms with Gasteiger partial charge in [0.1, 0.15) is 16.5 Å². The van der Waals surface area contributed by atoms with Crippen molar-refractivity contribution in [2.75, 3.05) is 23.8 Å². The number of halogens is 1. The quantitative estimate of drug-likeness (QED) is 0.424. The number of nitrogens with one attached hydrogen (secondary N) is 2. The number of aliphatic hydroxyl groups is 1. The predicted octanol–water partition coefficient (Wildman–Crippen LogP) is 4.22. The molecule has 29 heavy (non-hydrogen) atoms. The van der Waals surface area contributed by atoms with Gasteiger partial charge in [-0.05, 0) is 36.8 Å². The lowest BCUT2D eigenvalue weighted by molar-refractivity contribution is 0.311. The molecule has 3 aromatic heterocycles. The van der Waals surface area contributed by atoms with Crippen LogP contribution in [0.5, 0.6) is 0 Å². The third-order valence-electron chi connectivity index (χ3n) is 4.37. The summed E-state index contributed by atoms with van der Waals surface area (Å²) in [5, 5.41) is 18.4. The van der Waals surface area contributed by atoms with Crippen LogP contribution in [0.15, 0.2) is 47.8 Å². The number of fused-ring (bicyclic) bond motifs is 1. The zero-order valence-corrected chi connectivity index (χ0v) is 16.6. The zero-order chi connectivity index (χ0) is 20.2. The van der Waals surface area contributed by atoms with Gasteiger partial charge in [-0.25, -0.2) is 9.37 Å². The van der Waals surface area contributed by atoms with Gasteiger partial charge < -0.3 is 15.7 Å². The van der Waals surface area contributed by atoms with Crippen molar-refractivity contribution in [3.8, 4) is 11.1 Å². The number of hydrogen-bond donors (Lipinski definition) is 3. The molecule has 3 N–H and O–H groups in total. The Hall–Kier alpha value is -3.10. The van der Waals surface area contributed by atoms with Crippen LogP contribution in [-0.2, 0) is 6.54 Å². The van der Waals surface area contributed by atoms with E-state index in [1.165, 1.54) is 23.5 Å². The summed E-state index contributed by atoms with van der Waals surface area (Å²) in [4.78, 5) is 14.5. The van der Waals surface area contributed by atoms with E-state index in [-0.39, 0.29) is 12.4 Å². The summed E-state index contributed by atoms with van der Waals surface area (Å²) in [6, 6.07) is 12.3. The molecule has 0 amide bonds. The monoisotopic (exact) mass is 409 g/mol. The number of anilines is 2. The zero-order valence-electron chi connectivity index (χ0n) is 15.8. The molecule has 6 nitrogen and oxygen atoms in total. The van der Waals surface area contributed by atoms with Gasteiger partial charge >= 0.3 is 0 Å². The maximum absolute atomic E-state index is 13.4. The molecule has 0 aliphatic rings. The van der Waals surface area contributed by atoms with Crippen LogP contribution < -0.4 is 10.6 Å². The smallest absolute Gasteiger partial charge is 0.226 e. The number of aliphatic hydroxyl groups excluding tert-OH is 1. The van der Waals surface area contributed by atoms with E-state index in [9.17, 15) is 4.39 Å². The molecule has 3 heterocycles. The number of benzene rings is 1. The van der Waals surface area contributed by atoms with Crippen LogP contribution >= 0.6 is 11.3 Å². The Morgan fingerprint density at radius 1 is 1.03 bits per heavy atom. The summed E-state index contributed by atoms with van der Waals surface area (Å²) in [6.45, 7) is 2.81. The molecule has 148 valence electrons. The van der Waals surface area contributed by atoms with Gasteiger partial charge in [0.2, 0.25) is 5.95 Å². The van der Waals surface area contributed by atoms with E-state index in [1.807, 2.05) is 30.5 Å². The highest BCUT2D eigenvalue weighted by Gasteiger charge is 2.16.